The number of nitrogens with zero attached hydrogens (tertiary/aromatic N) is 3. The second-order valence-corrected chi connectivity index (χ2v) is 5.44. The van der Waals surface area contributed by atoms with Crippen LogP contribution in [0, 0.1) is 19.8 Å². The molecule has 0 spiro atoms. The second-order valence-electron chi connectivity index (χ2n) is 5.44. The van der Waals surface area contributed by atoms with Crippen LogP contribution in [0.15, 0.2) is 11.2 Å². The number of anilines is 1. The van der Waals surface area contributed by atoms with Gasteiger partial charge in [0.1, 0.15) is 5.82 Å². The van der Waals surface area contributed by atoms with Gasteiger partial charge in [0.25, 0.3) is 0 Å². The number of aromatic nitrogens is 1. The molecule has 0 bridgehead atoms. The van der Waals surface area contributed by atoms with Crippen molar-refractivity contribution in [3.05, 3.63) is 22.9 Å². The van der Waals surface area contributed by atoms with Crippen molar-refractivity contribution < 1.29 is 5.21 Å². The Labute approximate surface area is 114 Å². The fourth-order valence-corrected chi connectivity index (χ4v) is 2.61. The van der Waals surface area contributed by atoms with Crippen molar-refractivity contribution in [2.45, 2.75) is 33.1 Å². The molecule has 1 aromatic rings. The van der Waals surface area contributed by atoms with Gasteiger partial charge in [0.15, 0.2) is 5.84 Å². The lowest BCUT2D eigenvalue weighted by atomic mass is 9.85. The predicted octanol–water partition coefficient (Wildman–Crippen LogP) is 2.03. The topological polar surface area (TPSA) is 74.7 Å². The highest BCUT2D eigenvalue weighted by atomic mass is 16.4. The lowest BCUT2D eigenvalue weighted by molar-refractivity contribution is 0.318. The Hall–Kier alpha value is -1.78. The van der Waals surface area contributed by atoms with Gasteiger partial charge < -0.3 is 15.8 Å². The Bertz CT molecular complexity index is 494. The van der Waals surface area contributed by atoms with E-state index in [2.05, 4.69) is 15.0 Å². The van der Waals surface area contributed by atoms with E-state index in [4.69, 9.17) is 10.9 Å². The molecule has 2 rings (SSSR count). The molecule has 0 aliphatic heterocycles. The molecule has 5 heteroatoms. The molecule has 0 amide bonds. The van der Waals surface area contributed by atoms with Gasteiger partial charge in [-0.15, -0.1) is 0 Å². The Morgan fingerprint density at radius 2 is 2.21 bits per heavy atom. The Balaban J connectivity index is 2.35. The second kappa shape index (κ2) is 5.47. The monoisotopic (exact) mass is 262 g/mol. The molecule has 5 nitrogen and oxygen atoms in total. The molecule has 1 aliphatic rings. The third-order valence-electron chi connectivity index (χ3n) is 3.81. The smallest absolute Gasteiger partial charge is 0.174 e. The summed E-state index contributed by atoms with van der Waals surface area (Å²) in [6.07, 6.45) is 3.90. The number of pyridine rings is 1. The molecule has 1 aliphatic carbocycles. The quantitative estimate of drug-likeness (QED) is 0.377. The van der Waals surface area contributed by atoms with Gasteiger partial charge in [-0.05, 0) is 44.2 Å². The average molecular weight is 262 g/mol. The van der Waals surface area contributed by atoms with Gasteiger partial charge in [-0.2, -0.15) is 0 Å². The zero-order chi connectivity index (χ0) is 14.0. The number of hydrogen-bond donors (Lipinski definition) is 2. The molecular weight excluding hydrogens is 240 g/mol. The van der Waals surface area contributed by atoms with Gasteiger partial charge in [-0.3, -0.25) is 0 Å². The van der Waals surface area contributed by atoms with E-state index in [-0.39, 0.29) is 5.84 Å². The van der Waals surface area contributed by atoms with E-state index in [0.717, 1.165) is 35.1 Å². The van der Waals surface area contributed by atoms with Crippen molar-refractivity contribution in [1.82, 2.24) is 4.98 Å². The number of aryl methyl sites for hydroxylation is 2. The minimum atomic E-state index is 0.125. The zero-order valence-corrected chi connectivity index (χ0v) is 11.8. The van der Waals surface area contributed by atoms with Crippen LogP contribution in [0.25, 0.3) is 0 Å². The van der Waals surface area contributed by atoms with Crippen molar-refractivity contribution in [2.75, 3.05) is 18.5 Å². The Kier molecular flexibility index (Phi) is 3.93. The van der Waals surface area contributed by atoms with Crippen molar-refractivity contribution in [2.24, 2.45) is 16.8 Å². The molecule has 0 atom stereocenters. The van der Waals surface area contributed by atoms with Crippen LogP contribution in [0.5, 0.6) is 0 Å². The van der Waals surface area contributed by atoms with Gasteiger partial charge >= 0.3 is 0 Å². The van der Waals surface area contributed by atoms with Crippen molar-refractivity contribution >= 4 is 11.7 Å². The van der Waals surface area contributed by atoms with Crippen molar-refractivity contribution in [3.8, 4) is 0 Å². The molecule has 1 aromatic heterocycles. The van der Waals surface area contributed by atoms with Crippen LogP contribution in [-0.2, 0) is 0 Å². The lowest BCUT2D eigenvalue weighted by Gasteiger charge is -2.32. The zero-order valence-electron chi connectivity index (χ0n) is 11.8. The summed E-state index contributed by atoms with van der Waals surface area (Å²) < 4.78 is 0. The molecule has 0 unspecified atom stereocenters. The van der Waals surface area contributed by atoms with Gasteiger partial charge in [-0.25, -0.2) is 4.98 Å². The largest absolute Gasteiger partial charge is 0.409 e. The number of amidine groups is 1. The summed E-state index contributed by atoms with van der Waals surface area (Å²) in [4.78, 5) is 6.69. The maximum atomic E-state index is 8.94. The van der Waals surface area contributed by atoms with E-state index >= 15 is 0 Å². The first-order chi connectivity index (χ1) is 9.02. The summed E-state index contributed by atoms with van der Waals surface area (Å²) in [7, 11) is 2.02. The van der Waals surface area contributed by atoms with E-state index in [0.29, 0.717) is 0 Å². The summed E-state index contributed by atoms with van der Waals surface area (Å²) in [6, 6.07) is 1.95. The molecule has 104 valence electrons. The van der Waals surface area contributed by atoms with Crippen LogP contribution < -0.4 is 10.6 Å². The fraction of sp³-hybridized carbons (Fsp3) is 0.571. The summed E-state index contributed by atoms with van der Waals surface area (Å²) >= 11 is 0. The third-order valence-corrected chi connectivity index (χ3v) is 3.81. The highest BCUT2D eigenvalue weighted by molar-refractivity contribution is 6.02. The van der Waals surface area contributed by atoms with Gasteiger partial charge in [0.2, 0.25) is 0 Å². The van der Waals surface area contributed by atoms with E-state index in [1.807, 2.05) is 27.0 Å². The van der Waals surface area contributed by atoms with Gasteiger partial charge in [-0.1, -0.05) is 11.6 Å². The van der Waals surface area contributed by atoms with E-state index in [1.54, 1.807) is 0 Å². The van der Waals surface area contributed by atoms with Crippen LogP contribution in [-0.4, -0.2) is 29.6 Å². The molecule has 0 aromatic carbocycles. The maximum Gasteiger partial charge on any atom is 0.174 e. The first-order valence-corrected chi connectivity index (χ1v) is 6.70. The van der Waals surface area contributed by atoms with Crippen LogP contribution in [0.2, 0.25) is 0 Å². The number of hydrogen-bond acceptors (Lipinski definition) is 4. The summed E-state index contributed by atoms with van der Waals surface area (Å²) in [5.74, 6) is 1.67. The summed E-state index contributed by atoms with van der Waals surface area (Å²) in [5, 5.41) is 12.1. The molecular formula is C14H22N4O. The molecule has 1 heterocycles. The molecule has 1 saturated carbocycles. The molecule has 0 saturated heterocycles. The minimum absolute atomic E-state index is 0.125. The fourth-order valence-electron chi connectivity index (χ4n) is 2.61. The molecule has 0 radical (unpaired) electrons. The van der Waals surface area contributed by atoms with E-state index < -0.39 is 0 Å². The first kappa shape index (κ1) is 13.6. The Morgan fingerprint density at radius 3 is 2.74 bits per heavy atom. The lowest BCUT2D eigenvalue weighted by Crippen LogP contribution is -2.32. The van der Waals surface area contributed by atoms with E-state index in [1.165, 1.54) is 19.3 Å². The van der Waals surface area contributed by atoms with Crippen LogP contribution in [0.1, 0.15) is 36.1 Å². The van der Waals surface area contributed by atoms with Gasteiger partial charge in [0.05, 0.1) is 5.56 Å². The van der Waals surface area contributed by atoms with Crippen molar-refractivity contribution in [1.29, 1.82) is 0 Å². The van der Waals surface area contributed by atoms with E-state index in [9.17, 15) is 0 Å². The molecule has 19 heavy (non-hydrogen) atoms. The minimum Gasteiger partial charge on any atom is -0.409 e. The summed E-state index contributed by atoms with van der Waals surface area (Å²) in [5.41, 5.74) is 8.46. The van der Waals surface area contributed by atoms with Crippen molar-refractivity contribution in [3.63, 3.8) is 0 Å². The highest BCUT2D eigenvalue weighted by Crippen LogP contribution is 2.29. The number of nitrogens with two attached hydrogens (primary N) is 1. The first-order valence-electron chi connectivity index (χ1n) is 6.70. The predicted molar refractivity (Wildman–Crippen MR) is 76.8 cm³/mol. The normalized spacial score (nSPS) is 16.3. The SMILES string of the molecule is Cc1cc(C)c(C(N)=NO)c(N(C)CC2CCC2)n1. The maximum absolute atomic E-state index is 8.94. The van der Waals surface area contributed by atoms with Crippen LogP contribution in [0.3, 0.4) is 0 Å². The van der Waals surface area contributed by atoms with Crippen LogP contribution in [0.4, 0.5) is 5.82 Å². The Morgan fingerprint density at radius 1 is 1.53 bits per heavy atom. The number of oxime groups is 1. The van der Waals surface area contributed by atoms with Crippen LogP contribution >= 0.6 is 0 Å². The highest BCUT2D eigenvalue weighted by Gasteiger charge is 2.22. The standard InChI is InChI=1S/C14H22N4O/c1-9-7-10(2)16-14(12(9)13(15)17-19)18(3)8-11-5-4-6-11/h7,11,19H,4-6,8H2,1-3H3,(H2,15,17). The molecule has 3 N–H and O–H groups in total. The number of rotatable bonds is 4. The summed E-state index contributed by atoms with van der Waals surface area (Å²) in [6.45, 7) is 4.90. The van der Waals surface area contributed by atoms with Gasteiger partial charge in [0, 0.05) is 19.3 Å². The molecule has 1 fully saturated rings. The third kappa shape index (κ3) is 2.80. The average Bonchev–Trinajstić information content (AvgIpc) is 2.31.